The monoisotopic (exact) mass is 869 g/mol. The van der Waals surface area contributed by atoms with Crippen molar-refractivity contribution in [1.29, 1.82) is 0 Å². The van der Waals surface area contributed by atoms with Gasteiger partial charge < -0.3 is 5.11 Å². The summed E-state index contributed by atoms with van der Waals surface area (Å²) in [5.41, 5.74) is 16.4. The number of rotatable bonds is 7. The minimum Gasteiger partial charge on any atom is -0.507 e. The summed E-state index contributed by atoms with van der Waals surface area (Å²) < 4.78 is 2.27. The number of para-hydroxylation sites is 1. The van der Waals surface area contributed by atoms with Gasteiger partial charge in [0.15, 0.2) is 0 Å². The van der Waals surface area contributed by atoms with Crippen LogP contribution in [0.15, 0.2) is 170 Å². The maximum atomic E-state index is 12.6. The second-order valence-corrected chi connectivity index (χ2v) is 20.8. The highest BCUT2D eigenvalue weighted by Crippen LogP contribution is 2.46. The Morgan fingerprint density at radius 2 is 1.06 bits per heavy atom. The minimum atomic E-state index is -0.336. The standard InChI is InChI=1S/C60H56ClN3O/c1-58(2,3)45-32-43(31-44(33-45)52-35-42(29-30-62-52)39-23-26-47(61)27-24-39)48-21-16-22-54-55(48)63-57(50-36-46(59(4,5)6)37-51(56(50)65)60(7,8)9)64(54)53-28-25-41(38-17-12-10-13-18-38)34-49(53)40-19-14-11-15-20-40/h10-37,65H,1-9H3. The number of phenolic OH excluding ortho intramolecular Hbond substituents is 1. The lowest BCUT2D eigenvalue weighted by Gasteiger charge is -2.27. The third-order valence-electron chi connectivity index (χ3n) is 12.5. The lowest BCUT2D eigenvalue weighted by atomic mass is 9.79. The topological polar surface area (TPSA) is 50.9 Å². The number of phenols is 1. The van der Waals surface area contributed by atoms with Gasteiger partial charge in [-0.15, -0.1) is 0 Å². The lowest BCUT2D eigenvalue weighted by molar-refractivity contribution is 0.446. The fraction of sp³-hybridized carbons (Fsp3) is 0.200. The largest absolute Gasteiger partial charge is 0.507 e. The van der Waals surface area contributed by atoms with Crippen LogP contribution in [-0.2, 0) is 16.2 Å². The molecule has 0 atom stereocenters. The summed E-state index contributed by atoms with van der Waals surface area (Å²) >= 11 is 6.28. The SMILES string of the molecule is CC(C)(C)c1cc(-c2cc(-c3ccc(Cl)cc3)ccn2)cc(-c2cccc3c2nc(-c2cc(C(C)(C)C)cc(C(C)(C)C)c2O)n3-c2ccc(-c3ccccc3)cc2-c2ccccc2)c1. The normalized spacial score (nSPS) is 12.2. The third-order valence-corrected chi connectivity index (χ3v) is 12.7. The first kappa shape index (κ1) is 43.5. The number of nitrogens with zero attached hydrogens (tertiary/aromatic N) is 3. The number of pyridine rings is 1. The zero-order valence-corrected chi connectivity index (χ0v) is 39.6. The van der Waals surface area contributed by atoms with Gasteiger partial charge in [0.25, 0.3) is 0 Å². The maximum Gasteiger partial charge on any atom is 0.149 e. The molecule has 0 aliphatic heterocycles. The Morgan fingerprint density at radius 3 is 1.72 bits per heavy atom. The maximum absolute atomic E-state index is 12.6. The first-order valence-electron chi connectivity index (χ1n) is 22.5. The highest BCUT2D eigenvalue weighted by atomic mass is 35.5. The van der Waals surface area contributed by atoms with Crippen LogP contribution in [0.4, 0.5) is 0 Å². The molecule has 0 unspecified atom stereocenters. The van der Waals surface area contributed by atoms with Crippen molar-refractivity contribution in [2.75, 3.05) is 0 Å². The molecule has 2 aromatic heterocycles. The summed E-state index contributed by atoms with van der Waals surface area (Å²) in [5.74, 6) is 0.921. The molecule has 0 saturated heterocycles. The average Bonchev–Trinajstić information content (AvgIpc) is 3.68. The molecule has 324 valence electrons. The van der Waals surface area contributed by atoms with Crippen molar-refractivity contribution >= 4 is 22.6 Å². The molecule has 0 amide bonds. The van der Waals surface area contributed by atoms with E-state index in [0.29, 0.717) is 16.4 Å². The molecule has 0 aliphatic rings. The van der Waals surface area contributed by atoms with E-state index in [0.717, 1.165) is 83.6 Å². The first-order valence-corrected chi connectivity index (χ1v) is 22.9. The van der Waals surface area contributed by atoms with E-state index in [1.54, 1.807) is 0 Å². The van der Waals surface area contributed by atoms with E-state index in [9.17, 15) is 5.11 Å². The summed E-state index contributed by atoms with van der Waals surface area (Å²) in [6, 6.07) is 57.6. The number of hydrogen-bond acceptors (Lipinski definition) is 3. The molecule has 0 spiro atoms. The predicted octanol–water partition coefficient (Wildman–Crippen LogP) is 16.7. The zero-order valence-electron chi connectivity index (χ0n) is 38.8. The lowest BCUT2D eigenvalue weighted by Crippen LogP contribution is -2.17. The van der Waals surface area contributed by atoms with Gasteiger partial charge in [0.05, 0.1) is 28.0 Å². The fourth-order valence-corrected chi connectivity index (χ4v) is 8.86. The van der Waals surface area contributed by atoms with E-state index >= 15 is 0 Å². The Labute approximate surface area is 389 Å². The van der Waals surface area contributed by atoms with Crippen LogP contribution in [0.3, 0.4) is 0 Å². The van der Waals surface area contributed by atoms with Crippen molar-refractivity contribution in [3.8, 4) is 78.6 Å². The van der Waals surface area contributed by atoms with Crippen LogP contribution in [0, 0.1) is 0 Å². The van der Waals surface area contributed by atoms with Crippen molar-refractivity contribution in [1.82, 2.24) is 14.5 Å². The van der Waals surface area contributed by atoms with Crippen molar-refractivity contribution in [3.63, 3.8) is 0 Å². The summed E-state index contributed by atoms with van der Waals surface area (Å²) in [6.07, 6.45) is 1.88. The molecular weight excluding hydrogens is 814 g/mol. The van der Waals surface area contributed by atoms with Crippen molar-refractivity contribution < 1.29 is 5.11 Å². The summed E-state index contributed by atoms with van der Waals surface area (Å²) in [6.45, 7) is 19.9. The molecule has 2 heterocycles. The Hall–Kier alpha value is -6.75. The summed E-state index contributed by atoms with van der Waals surface area (Å²) in [7, 11) is 0. The van der Waals surface area contributed by atoms with Gasteiger partial charge in [0, 0.05) is 33.5 Å². The molecule has 1 N–H and O–H groups in total. The Kier molecular flexibility index (Phi) is 11.2. The molecule has 9 rings (SSSR count). The Bertz CT molecular complexity index is 3200. The van der Waals surface area contributed by atoms with Crippen LogP contribution >= 0.6 is 11.6 Å². The number of aromatic nitrogens is 3. The minimum absolute atomic E-state index is 0.162. The van der Waals surface area contributed by atoms with Crippen LogP contribution in [0.5, 0.6) is 5.75 Å². The van der Waals surface area contributed by atoms with E-state index in [-0.39, 0.29) is 22.0 Å². The number of benzene rings is 7. The van der Waals surface area contributed by atoms with Gasteiger partial charge in [0.1, 0.15) is 11.6 Å². The van der Waals surface area contributed by atoms with E-state index in [4.69, 9.17) is 21.6 Å². The van der Waals surface area contributed by atoms with E-state index in [1.807, 2.05) is 36.5 Å². The van der Waals surface area contributed by atoms with Gasteiger partial charge in [-0.05, 0) is 121 Å². The van der Waals surface area contributed by atoms with E-state index in [2.05, 4.69) is 200 Å². The van der Waals surface area contributed by atoms with Gasteiger partial charge in [-0.3, -0.25) is 9.55 Å². The number of fused-ring (bicyclic) bond motifs is 1. The second-order valence-electron chi connectivity index (χ2n) is 20.3. The molecule has 0 fully saturated rings. The Morgan fingerprint density at radius 1 is 0.462 bits per heavy atom. The molecule has 5 heteroatoms. The van der Waals surface area contributed by atoms with Crippen LogP contribution in [0.1, 0.15) is 79.0 Å². The molecule has 65 heavy (non-hydrogen) atoms. The number of imidazole rings is 1. The first-order chi connectivity index (χ1) is 30.9. The third kappa shape index (κ3) is 8.64. The van der Waals surface area contributed by atoms with Crippen LogP contribution < -0.4 is 0 Å². The molecule has 0 saturated carbocycles. The van der Waals surface area contributed by atoms with Crippen LogP contribution in [-0.4, -0.2) is 19.6 Å². The van der Waals surface area contributed by atoms with Gasteiger partial charge in [-0.1, -0.05) is 177 Å². The van der Waals surface area contributed by atoms with Crippen LogP contribution in [0.2, 0.25) is 5.02 Å². The highest BCUT2D eigenvalue weighted by molar-refractivity contribution is 6.30. The number of hydrogen-bond donors (Lipinski definition) is 1. The molecule has 9 aromatic rings. The second kappa shape index (κ2) is 16.7. The predicted molar refractivity (Wildman–Crippen MR) is 274 cm³/mol. The van der Waals surface area contributed by atoms with Crippen molar-refractivity contribution in [2.24, 2.45) is 0 Å². The molecule has 0 aliphatic carbocycles. The smallest absolute Gasteiger partial charge is 0.149 e. The quantitative estimate of drug-likeness (QED) is 0.174. The average molecular weight is 871 g/mol. The van der Waals surface area contributed by atoms with E-state index < -0.39 is 0 Å². The van der Waals surface area contributed by atoms with E-state index in [1.165, 1.54) is 5.56 Å². The molecule has 0 radical (unpaired) electrons. The Balaban J connectivity index is 1.35. The van der Waals surface area contributed by atoms with Crippen molar-refractivity contribution in [3.05, 3.63) is 192 Å². The molecular formula is C60H56ClN3O. The van der Waals surface area contributed by atoms with Gasteiger partial charge >= 0.3 is 0 Å². The number of aromatic hydroxyl groups is 1. The highest BCUT2D eigenvalue weighted by Gasteiger charge is 2.30. The zero-order chi connectivity index (χ0) is 45.8. The van der Waals surface area contributed by atoms with Gasteiger partial charge in [0.2, 0.25) is 0 Å². The molecule has 0 bridgehead atoms. The molecule has 4 nitrogen and oxygen atoms in total. The fourth-order valence-electron chi connectivity index (χ4n) is 8.73. The molecule has 7 aromatic carbocycles. The van der Waals surface area contributed by atoms with Crippen molar-refractivity contribution in [2.45, 2.75) is 78.6 Å². The van der Waals surface area contributed by atoms with Gasteiger partial charge in [-0.25, -0.2) is 4.98 Å². The van der Waals surface area contributed by atoms with Crippen LogP contribution in [0.25, 0.3) is 83.9 Å². The van der Waals surface area contributed by atoms with Gasteiger partial charge in [-0.2, -0.15) is 0 Å². The summed E-state index contributed by atoms with van der Waals surface area (Å²) in [4.78, 5) is 10.6. The summed E-state index contributed by atoms with van der Waals surface area (Å²) in [5, 5.41) is 13.3. The number of halogens is 1.